The summed E-state index contributed by atoms with van der Waals surface area (Å²) < 4.78 is 0. The minimum Gasteiger partial charge on any atom is -0.256 e. The Morgan fingerprint density at radius 2 is 1.08 bits per heavy atom. The van der Waals surface area contributed by atoms with Crippen LogP contribution in [0, 0.1) is 0 Å². The SMILES string of the molecule is c1ccc(-c2ccccn2)cc1.c1ccc2c(c1)CCc1cccnc1-2.c1ccc2ncccc2c1. The molecule has 0 radical (unpaired) electrons. The Morgan fingerprint density at radius 1 is 0.444 bits per heavy atom. The zero-order chi connectivity index (χ0) is 24.4. The van der Waals surface area contributed by atoms with Gasteiger partial charge < -0.3 is 0 Å². The van der Waals surface area contributed by atoms with E-state index in [-0.39, 0.29) is 0 Å². The van der Waals surface area contributed by atoms with Gasteiger partial charge in [-0.3, -0.25) is 15.0 Å². The largest absolute Gasteiger partial charge is 0.256 e. The van der Waals surface area contributed by atoms with Crippen LogP contribution >= 0.6 is 0 Å². The van der Waals surface area contributed by atoms with Crippen molar-refractivity contribution in [3.8, 4) is 22.5 Å². The van der Waals surface area contributed by atoms with Crippen LogP contribution in [0.3, 0.4) is 0 Å². The monoisotopic (exact) mass is 465 g/mol. The number of aromatic nitrogens is 3. The van der Waals surface area contributed by atoms with E-state index in [1.807, 2.05) is 85.3 Å². The maximum absolute atomic E-state index is 4.46. The first kappa shape index (κ1) is 23.1. The van der Waals surface area contributed by atoms with Crippen LogP contribution in [0.25, 0.3) is 33.4 Å². The van der Waals surface area contributed by atoms with Crippen LogP contribution in [0.1, 0.15) is 11.1 Å². The molecule has 174 valence electrons. The van der Waals surface area contributed by atoms with E-state index in [4.69, 9.17) is 0 Å². The van der Waals surface area contributed by atoms with Crippen LogP contribution in [0.5, 0.6) is 0 Å². The number of pyridine rings is 3. The van der Waals surface area contributed by atoms with Gasteiger partial charge in [-0.25, -0.2) is 0 Å². The van der Waals surface area contributed by atoms with E-state index in [0.717, 1.165) is 29.6 Å². The quantitative estimate of drug-likeness (QED) is 0.248. The number of hydrogen-bond acceptors (Lipinski definition) is 3. The van der Waals surface area contributed by atoms with E-state index in [1.165, 1.54) is 27.8 Å². The normalized spacial score (nSPS) is 11.1. The Balaban J connectivity index is 0.000000113. The summed E-state index contributed by atoms with van der Waals surface area (Å²) in [4.78, 5) is 12.9. The number of rotatable bonds is 1. The molecule has 0 saturated carbocycles. The molecule has 3 heteroatoms. The molecule has 0 amide bonds. The standard InChI is InChI=1S/C13H11N.C11H9N.C9H7N/c1-2-6-12-10(4-1)7-8-11-5-3-9-14-13(11)12;1-2-6-10(7-3-1)11-8-4-5-9-12-11;1-2-6-9-8(4-1)5-3-7-10-9/h1-6,9H,7-8H2;1-9H;1-7H. The second kappa shape index (κ2) is 11.7. The topological polar surface area (TPSA) is 38.7 Å². The summed E-state index contributed by atoms with van der Waals surface area (Å²) in [5.41, 5.74) is 8.55. The Labute approximate surface area is 212 Å². The second-order valence-corrected chi connectivity index (χ2v) is 8.45. The van der Waals surface area contributed by atoms with Gasteiger partial charge >= 0.3 is 0 Å². The van der Waals surface area contributed by atoms with Gasteiger partial charge in [0.25, 0.3) is 0 Å². The predicted octanol–water partition coefficient (Wildman–Crippen LogP) is 7.83. The van der Waals surface area contributed by atoms with Crippen molar-refractivity contribution >= 4 is 10.9 Å². The molecule has 0 fully saturated rings. The first-order valence-corrected chi connectivity index (χ1v) is 12.2. The fraction of sp³-hybridized carbons (Fsp3) is 0.0606. The summed E-state index contributed by atoms with van der Waals surface area (Å²) in [6.45, 7) is 0. The lowest BCUT2D eigenvalue weighted by Gasteiger charge is -2.17. The number of hydrogen-bond donors (Lipinski definition) is 0. The molecule has 0 N–H and O–H groups in total. The molecular formula is C33H27N3. The van der Waals surface area contributed by atoms with E-state index in [1.54, 1.807) is 0 Å². The minimum absolute atomic E-state index is 1.03. The van der Waals surface area contributed by atoms with E-state index < -0.39 is 0 Å². The molecule has 0 spiro atoms. The average molecular weight is 466 g/mol. The smallest absolute Gasteiger partial charge is 0.0736 e. The first-order valence-electron chi connectivity index (χ1n) is 12.2. The third-order valence-corrected chi connectivity index (χ3v) is 6.07. The van der Waals surface area contributed by atoms with Crippen molar-refractivity contribution in [2.45, 2.75) is 12.8 Å². The highest BCUT2D eigenvalue weighted by atomic mass is 14.7. The number of benzene rings is 3. The summed E-state index contributed by atoms with van der Waals surface area (Å²) >= 11 is 0. The van der Waals surface area contributed by atoms with Crippen molar-refractivity contribution in [3.05, 3.63) is 151 Å². The molecule has 36 heavy (non-hydrogen) atoms. The van der Waals surface area contributed by atoms with Gasteiger partial charge in [0, 0.05) is 35.1 Å². The lowest BCUT2D eigenvalue weighted by Crippen LogP contribution is -2.04. The summed E-state index contributed by atoms with van der Waals surface area (Å²) in [5.74, 6) is 0. The molecule has 0 unspecified atom stereocenters. The number of fused-ring (bicyclic) bond motifs is 4. The van der Waals surface area contributed by atoms with E-state index >= 15 is 0 Å². The fourth-order valence-corrected chi connectivity index (χ4v) is 4.28. The highest BCUT2D eigenvalue weighted by Crippen LogP contribution is 2.30. The van der Waals surface area contributed by atoms with Gasteiger partial charge in [-0.15, -0.1) is 0 Å². The molecule has 3 nitrogen and oxygen atoms in total. The highest BCUT2D eigenvalue weighted by Gasteiger charge is 2.15. The second-order valence-electron chi connectivity index (χ2n) is 8.45. The van der Waals surface area contributed by atoms with Crippen LogP contribution in [-0.2, 0) is 12.8 Å². The fourth-order valence-electron chi connectivity index (χ4n) is 4.28. The van der Waals surface area contributed by atoms with Gasteiger partial charge in [-0.05, 0) is 54.3 Å². The van der Waals surface area contributed by atoms with Gasteiger partial charge in [0.1, 0.15) is 0 Å². The third kappa shape index (κ3) is 5.70. The summed E-state index contributed by atoms with van der Waals surface area (Å²) in [6, 6.07) is 40.9. The zero-order valence-corrected chi connectivity index (χ0v) is 20.0. The Hall–Kier alpha value is -4.63. The molecule has 1 aliphatic rings. The Morgan fingerprint density at radius 3 is 1.94 bits per heavy atom. The minimum atomic E-state index is 1.03. The summed E-state index contributed by atoms with van der Waals surface area (Å²) in [6.07, 6.45) is 7.76. The molecule has 0 saturated heterocycles. The molecule has 0 aliphatic heterocycles. The molecule has 0 atom stereocenters. The van der Waals surface area contributed by atoms with Crippen molar-refractivity contribution < 1.29 is 0 Å². The maximum Gasteiger partial charge on any atom is 0.0736 e. The molecule has 3 aromatic heterocycles. The van der Waals surface area contributed by atoms with Gasteiger partial charge in [-0.1, -0.05) is 91.0 Å². The van der Waals surface area contributed by atoms with E-state index in [2.05, 4.69) is 69.5 Å². The molecular weight excluding hydrogens is 438 g/mol. The average Bonchev–Trinajstić information content (AvgIpc) is 2.99. The van der Waals surface area contributed by atoms with E-state index in [9.17, 15) is 0 Å². The molecule has 7 rings (SSSR count). The van der Waals surface area contributed by atoms with Crippen LogP contribution in [-0.4, -0.2) is 15.0 Å². The van der Waals surface area contributed by atoms with Crippen molar-refractivity contribution in [2.75, 3.05) is 0 Å². The number of para-hydroxylation sites is 1. The van der Waals surface area contributed by atoms with Crippen LogP contribution in [0.4, 0.5) is 0 Å². The molecule has 3 aromatic carbocycles. The summed E-state index contributed by atoms with van der Waals surface area (Å²) in [7, 11) is 0. The molecule has 0 bridgehead atoms. The molecule has 6 aromatic rings. The van der Waals surface area contributed by atoms with Crippen LogP contribution in [0.15, 0.2) is 140 Å². The van der Waals surface area contributed by atoms with Crippen molar-refractivity contribution in [1.82, 2.24) is 15.0 Å². The summed E-state index contributed by atoms with van der Waals surface area (Å²) in [5, 5.41) is 1.20. The van der Waals surface area contributed by atoms with Crippen LogP contribution < -0.4 is 0 Å². The Bertz CT molecular complexity index is 1380. The van der Waals surface area contributed by atoms with Gasteiger partial charge in [0.15, 0.2) is 0 Å². The lowest BCUT2D eigenvalue weighted by molar-refractivity contribution is 0.927. The molecule has 1 aliphatic carbocycles. The van der Waals surface area contributed by atoms with Crippen LogP contribution in [0.2, 0.25) is 0 Å². The lowest BCUT2D eigenvalue weighted by atomic mass is 9.89. The molecule has 3 heterocycles. The maximum atomic E-state index is 4.46. The van der Waals surface area contributed by atoms with Gasteiger partial charge in [0.2, 0.25) is 0 Å². The highest BCUT2D eigenvalue weighted by molar-refractivity contribution is 5.77. The van der Waals surface area contributed by atoms with Gasteiger partial charge in [0.05, 0.1) is 16.9 Å². The number of aryl methyl sites for hydroxylation is 2. The zero-order valence-electron chi connectivity index (χ0n) is 20.0. The van der Waals surface area contributed by atoms with Crippen molar-refractivity contribution in [1.29, 1.82) is 0 Å². The first-order chi connectivity index (χ1) is 17.9. The Kier molecular flexibility index (Phi) is 7.50. The third-order valence-electron chi connectivity index (χ3n) is 6.07. The predicted molar refractivity (Wildman–Crippen MR) is 148 cm³/mol. The van der Waals surface area contributed by atoms with Crippen molar-refractivity contribution in [2.24, 2.45) is 0 Å². The van der Waals surface area contributed by atoms with E-state index in [0.29, 0.717) is 0 Å². The number of nitrogens with zero attached hydrogens (tertiary/aromatic N) is 3. The van der Waals surface area contributed by atoms with Crippen molar-refractivity contribution in [3.63, 3.8) is 0 Å². The van der Waals surface area contributed by atoms with Gasteiger partial charge in [-0.2, -0.15) is 0 Å².